The second-order valence-corrected chi connectivity index (χ2v) is 4.05. The van der Waals surface area contributed by atoms with Crippen LogP contribution < -0.4 is 5.73 Å². The lowest BCUT2D eigenvalue weighted by Crippen LogP contribution is -2.10. The number of nitrogens with two attached hydrogens (primary N) is 1. The van der Waals surface area contributed by atoms with Gasteiger partial charge in [-0.2, -0.15) is 0 Å². The van der Waals surface area contributed by atoms with Gasteiger partial charge in [0.15, 0.2) is 0 Å². The molecule has 13 heavy (non-hydrogen) atoms. The maximum atomic E-state index is 11.6. The minimum atomic E-state index is 0.415. The van der Waals surface area contributed by atoms with Gasteiger partial charge < -0.3 is 5.73 Å². The minimum absolute atomic E-state index is 0.415. The van der Waals surface area contributed by atoms with Crippen LogP contribution in [0.15, 0.2) is 0 Å². The van der Waals surface area contributed by atoms with E-state index in [-0.39, 0.29) is 0 Å². The van der Waals surface area contributed by atoms with Gasteiger partial charge in [0.1, 0.15) is 5.78 Å². The van der Waals surface area contributed by atoms with Gasteiger partial charge in [0, 0.05) is 12.3 Å². The van der Waals surface area contributed by atoms with Crippen LogP contribution in [0, 0.1) is 5.92 Å². The van der Waals surface area contributed by atoms with E-state index in [1.807, 2.05) is 0 Å². The third-order valence-corrected chi connectivity index (χ3v) is 2.94. The number of carbonyl (C=O) groups excluding carboxylic acids is 1. The van der Waals surface area contributed by atoms with Crippen molar-refractivity contribution < 1.29 is 4.79 Å². The number of rotatable bonds is 6. The molecule has 0 heterocycles. The van der Waals surface area contributed by atoms with E-state index in [4.69, 9.17) is 5.73 Å². The average molecular weight is 183 g/mol. The molecule has 0 aromatic rings. The molecule has 0 aromatic carbocycles. The number of carbonyl (C=O) groups is 1. The van der Waals surface area contributed by atoms with E-state index < -0.39 is 0 Å². The van der Waals surface area contributed by atoms with Crippen LogP contribution in [-0.2, 0) is 4.79 Å². The van der Waals surface area contributed by atoms with Crippen molar-refractivity contribution in [3.8, 4) is 0 Å². The Balaban J connectivity index is 2.03. The van der Waals surface area contributed by atoms with Gasteiger partial charge in [0.25, 0.3) is 0 Å². The van der Waals surface area contributed by atoms with Crippen LogP contribution in [0.1, 0.15) is 51.4 Å². The topological polar surface area (TPSA) is 43.1 Å². The van der Waals surface area contributed by atoms with E-state index in [0.717, 1.165) is 45.1 Å². The Labute approximate surface area is 80.9 Å². The molecule has 0 atom stereocenters. The smallest absolute Gasteiger partial charge is 0.135 e. The summed E-state index contributed by atoms with van der Waals surface area (Å²) in [5.41, 5.74) is 5.38. The van der Waals surface area contributed by atoms with E-state index in [2.05, 4.69) is 0 Å². The van der Waals surface area contributed by atoms with Crippen molar-refractivity contribution in [1.82, 2.24) is 0 Å². The van der Waals surface area contributed by atoms with E-state index in [1.165, 1.54) is 12.8 Å². The maximum absolute atomic E-state index is 11.6. The molecule has 0 saturated heterocycles. The zero-order valence-electron chi connectivity index (χ0n) is 8.43. The quantitative estimate of drug-likeness (QED) is 0.642. The maximum Gasteiger partial charge on any atom is 0.135 e. The second-order valence-electron chi connectivity index (χ2n) is 4.05. The van der Waals surface area contributed by atoms with Crippen LogP contribution in [0.4, 0.5) is 0 Å². The first-order chi connectivity index (χ1) is 6.34. The number of ketones is 1. The van der Waals surface area contributed by atoms with Crippen molar-refractivity contribution in [1.29, 1.82) is 0 Å². The Morgan fingerprint density at radius 2 is 1.85 bits per heavy atom. The van der Waals surface area contributed by atoms with Crippen molar-refractivity contribution in [2.24, 2.45) is 11.7 Å². The molecule has 0 unspecified atom stereocenters. The fourth-order valence-corrected chi connectivity index (χ4v) is 2.07. The number of unbranched alkanes of at least 4 members (excludes halogenated alkanes) is 2. The van der Waals surface area contributed by atoms with E-state index in [1.54, 1.807) is 0 Å². The Morgan fingerprint density at radius 1 is 1.15 bits per heavy atom. The highest BCUT2D eigenvalue weighted by molar-refractivity contribution is 5.81. The average Bonchev–Trinajstić information content (AvgIpc) is 2.65. The van der Waals surface area contributed by atoms with Gasteiger partial charge in [-0.3, -0.25) is 4.79 Å². The highest BCUT2D eigenvalue weighted by Crippen LogP contribution is 2.26. The third-order valence-electron chi connectivity index (χ3n) is 2.94. The number of hydrogen-bond acceptors (Lipinski definition) is 2. The molecule has 2 heteroatoms. The molecule has 0 spiro atoms. The van der Waals surface area contributed by atoms with E-state index in [9.17, 15) is 4.79 Å². The van der Waals surface area contributed by atoms with Crippen LogP contribution in [0.5, 0.6) is 0 Å². The third kappa shape index (κ3) is 3.90. The summed E-state index contributed by atoms with van der Waals surface area (Å²) in [5, 5.41) is 0. The van der Waals surface area contributed by atoms with Gasteiger partial charge in [-0.1, -0.05) is 19.3 Å². The first-order valence-electron chi connectivity index (χ1n) is 5.57. The summed E-state index contributed by atoms with van der Waals surface area (Å²) in [4.78, 5) is 11.6. The van der Waals surface area contributed by atoms with Gasteiger partial charge >= 0.3 is 0 Å². The molecule has 2 nitrogen and oxygen atoms in total. The predicted octanol–water partition coefficient (Wildman–Crippen LogP) is 2.26. The Hall–Kier alpha value is -0.370. The fraction of sp³-hybridized carbons (Fsp3) is 0.909. The van der Waals surface area contributed by atoms with Crippen molar-refractivity contribution in [3.05, 3.63) is 0 Å². The minimum Gasteiger partial charge on any atom is -0.330 e. The molecule has 2 N–H and O–H groups in total. The van der Waals surface area contributed by atoms with Gasteiger partial charge in [-0.25, -0.2) is 0 Å². The summed E-state index contributed by atoms with van der Waals surface area (Å²) >= 11 is 0. The SMILES string of the molecule is NCCCCCC(=O)C1CCCC1. The van der Waals surface area contributed by atoms with Crippen LogP contribution in [-0.4, -0.2) is 12.3 Å². The lowest BCUT2D eigenvalue weighted by Gasteiger charge is -2.06. The Morgan fingerprint density at radius 3 is 2.46 bits per heavy atom. The molecule has 1 saturated carbocycles. The molecule has 1 aliphatic rings. The molecule has 76 valence electrons. The van der Waals surface area contributed by atoms with Crippen LogP contribution in [0.3, 0.4) is 0 Å². The molecule has 0 radical (unpaired) electrons. The largest absolute Gasteiger partial charge is 0.330 e. The molecule has 0 bridgehead atoms. The number of Topliss-reactive ketones (excluding diaryl/α,β-unsaturated/α-hetero) is 1. The van der Waals surface area contributed by atoms with Crippen molar-refractivity contribution in [3.63, 3.8) is 0 Å². The van der Waals surface area contributed by atoms with Gasteiger partial charge in [0.2, 0.25) is 0 Å². The summed E-state index contributed by atoms with van der Waals surface area (Å²) in [6.07, 6.45) is 8.86. The first-order valence-corrected chi connectivity index (χ1v) is 5.57. The normalized spacial score (nSPS) is 17.9. The molecule has 1 fully saturated rings. The summed E-state index contributed by atoms with van der Waals surface area (Å²) in [7, 11) is 0. The van der Waals surface area contributed by atoms with Gasteiger partial charge in [0.05, 0.1) is 0 Å². The van der Waals surface area contributed by atoms with Crippen LogP contribution in [0.2, 0.25) is 0 Å². The summed E-state index contributed by atoms with van der Waals surface area (Å²) in [6, 6.07) is 0. The zero-order valence-corrected chi connectivity index (χ0v) is 8.43. The van der Waals surface area contributed by atoms with Crippen molar-refractivity contribution >= 4 is 5.78 Å². The van der Waals surface area contributed by atoms with Crippen LogP contribution >= 0.6 is 0 Å². The molecular weight excluding hydrogens is 162 g/mol. The van der Waals surface area contributed by atoms with Gasteiger partial charge in [-0.05, 0) is 32.2 Å². The first kappa shape index (κ1) is 10.7. The second kappa shape index (κ2) is 6.14. The molecule has 0 amide bonds. The van der Waals surface area contributed by atoms with E-state index in [0.29, 0.717) is 11.7 Å². The lowest BCUT2D eigenvalue weighted by molar-refractivity contribution is -0.122. The monoisotopic (exact) mass is 183 g/mol. The Bertz CT molecular complexity index is 150. The van der Waals surface area contributed by atoms with Crippen LogP contribution in [0.25, 0.3) is 0 Å². The number of hydrogen-bond donors (Lipinski definition) is 1. The predicted molar refractivity (Wildman–Crippen MR) is 54.5 cm³/mol. The summed E-state index contributed by atoms with van der Waals surface area (Å²) in [6.45, 7) is 0.762. The molecule has 1 rings (SSSR count). The fourth-order valence-electron chi connectivity index (χ4n) is 2.07. The lowest BCUT2D eigenvalue weighted by atomic mass is 9.98. The molecule has 0 aliphatic heterocycles. The van der Waals surface area contributed by atoms with Crippen molar-refractivity contribution in [2.45, 2.75) is 51.4 Å². The van der Waals surface area contributed by atoms with Crippen molar-refractivity contribution in [2.75, 3.05) is 6.54 Å². The molecule has 0 aromatic heterocycles. The molecular formula is C11H21NO. The highest BCUT2D eigenvalue weighted by atomic mass is 16.1. The van der Waals surface area contributed by atoms with Gasteiger partial charge in [-0.15, -0.1) is 0 Å². The molecule has 1 aliphatic carbocycles. The standard InChI is InChI=1S/C11H21NO/c12-9-5-1-2-8-11(13)10-6-3-4-7-10/h10H,1-9,12H2. The summed E-state index contributed by atoms with van der Waals surface area (Å²) in [5.74, 6) is 0.924. The zero-order chi connectivity index (χ0) is 9.52. The van der Waals surface area contributed by atoms with E-state index >= 15 is 0 Å². The highest BCUT2D eigenvalue weighted by Gasteiger charge is 2.21. The Kier molecular flexibility index (Phi) is 5.06. The summed E-state index contributed by atoms with van der Waals surface area (Å²) < 4.78 is 0.